The molecule has 0 spiro atoms. The van der Waals surface area contributed by atoms with Crippen molar-refractivity contribution in [1.29, 1.82) is 0 Å². The maximum absolute atomic E-state index is 5.95. The van der Waals surface area contributed by atoms with Gasteiger partial charge in [0.1, 0.15) is 5.75 Å². The molecule has 5 nitrogen and oxygen atoms in total. The van der Waals surface area contributed by atoms with E-state index in [2.05, 4.69) is 44.2 Å². The lowest BCUT2D eigenvalue weighted by Crippen LogP contribution is -2.07. The summed E-state index contributed by atoms with van der Waals surface area (Å²) in [5, 5.41) is 0. The summed E-state index contributed by atoms with van der Waals surface area (Å²) in [6.07, 6.45) is 0.848. The maximum atomic E-state index is 5.95. The van der Waals surface area contributed by atoms with Crippen LogP contribution in [-0.4, -0.2) is 53.4 Å². The van der Waals surface area contributed by atoms with Crippen LogP contribution >= 0.6 is 0 Å². The standard InChI is InChI=1S/C25H36O5/c1-5-27-15-16-29-19-22-9-7-20(2)24(17-22)25-18-23(10-8-21(25)3)30-12-6-11-28-14-13-26-4/h7-10,17-18H,5-6,11-16,19H2,1-4H3. The smallest absolute Gasteiger partial charge is 0.119 e. The Morgan fingerprint density at radius 1 is 0.700 bits per heavy atom. The van der Waals surface area contributed by atoms with E-state index in [9.17, 15) is 0 Å². The van der Waals surface area contributed by atoms with Gasteiger partial charge in [-0.25, -0.2) is 0 Å². The highest BCUT2D eigenvalue weighted by Crippen LogP contribution is 2.31. The number of hydrogen-bond acceptors (Lipinski definition) is 5. The molecule has 2 rings (SSSR count). The lowest BCUT2D eigenvalue weighted by molar-refractivity contribution is 0.0453. The molecule has 0 amide bonds. The zero-order chi connectivity index (χ0) is 21.6. The third kappa shape index (κ3) is 8.44. The minimum atomic E-state index is 0.582. The van der Waals surface area contributed by atoms with Crippen LogP contribution in [0.1, 0.15) is 30.0 Å². The highest BCUT2D eigenvalue weighted by molar-refractivity contribution is 5.72. The van der Waals surface area contributed by atoms with Gasteiger partial charge in [0.05, 0.1) is 39.6 Å². The van der Waals surface area contributed by atoms with Gasteiger partial charge in [-0.2, -0.15) is 0 Å². The minimum Gasteiger partial charge on any atom is -0.493 e. The zero-order valence-electron chi connectivity index (χ0n) is 18.9. The second-order valence-electron chi connectivity index (χ2n) is 7.18. The summed E-state index contributed by atoms with van der Waals surface area (Å²) in [5.74, 6) is 0.880. The van der Waals surface area contributed by atoms with Crippen LogP contribution in [0.25, 0.3) is 11.1 Å². The second-order valence-corrected chi connectivity index (χ2v) is 7.18. The second kappa shape index (κ2) is 14.1. The van der Waals surface area contributed by atoms with Crippen LogP contribution in [0.3, 0.4) is 0 Å². The van der Waals surface area contributed by atoms with Gasteiger partial charge in [0.2, 0.25) is 0 Å². The van der Waals surface area contributed by atoms with Crippen LogP contribution in [0.2, 0.25) is 0 Å². The van der Waals surface area contributed by atoms with Gasteiger partial charge in [-0.3, -0.25) is 0 Å². The molecule has 0 unspecified atom stereocenters. The number of methoxy groups -OCH3 is 1. The molecule has 0 heterocycles. The highest BCUT2D eigenvalue weighted by Gasteiger charge is 2.09. The molecular weight excluding hydrogens is 380 g/mol. The van der Waals surface area contributed by atoms with Crippen molar-refractivity contribution in [2.24, 2.45) is 0 Å². The quantitative estimate of drug-likeness (QED) is 0.384. The normalized spacial score (nSPS) is 11.1. The van der Waals surface area contributed by atoms with E-state index in [1.807, 2.05) is 13.0 Å². The van der Waals surface area contributed by atoms with E-state index in [4.69, 9.17) is 23.7 Å². The van der Waals surface area contributed by atoms with Crippen molar-refractivity contribution < 1.29 is 23.7 Å². The number of rotatable bonds is 15. The molecule has 0 aliphatic heterocycles. The summed E-state index contributed by atoms with van der Waals surface area (Å²) in [7, 11) is 1.68. The molecule has 5 heteroatoms. The number of ether oxygens (including phenoxy) is 5. The first-order valence-electron chi connectivity index (χ1n) is 10.7. The van der Waals surface area contributed by atoms with Crippen LogP contribution < -0.4 is 4.74 Å². The lowest BCUT2D eigenvalue weighted by atomic mass is 9.95. The van der Waals surface area contributed by atoms with Gasteiger partial charge in [-0.15, -0.1) is 0 Å². The summed E-state index contributed by atoms with van der Waals surface area (Å²) in [5.41, 5.74) is 6.03. The van der Waals surface area contributed by atoms with Crippen molar-refractivity contribution in [2.45, 2.75) is 33.8 Å². The molecule has 0 N–H and O–H groups in total. The molecule has 30 heavy (non-hydrogen) atoms. The van der Waals surface area contributed by atoms with Crippen molar-refractivity contribution in [3.63, 3.8) is 0 Å². The van der Waals surface area contributed by atoms with E-state index in [0.29, 0.717) is 46.2 Å². The predicted octanol–water partition coefficient (Wildman–Crippen LogP) is 4.96. The van der Waals surface area contributed by atoms with Crippen LogP contribution in [0.5, 0.6) is 5.75 Å². The van der Waals surface area contributed by atoms with E-state index in [1.165, 1.54) is 22.3 Å². The van der Waals surface area contributed by atoms with E-state index >= 15 is 0 Å². The van der Waals surface area contributed by atoms with Crippen LogP contribution in [0, 0.1) is 13.8 Å². The fourth-order valence-corrected chi connectivity index (χ4v) is 3.08. The fourth-order valence-electron chi connectivity index (χ4n) is 3.08. The molecule has 0 fully saturated rings. The van der Waals surface area contributed by atoms with Crippen LogP contribution in [0.15, 0.2) is 36.4 Å². The SMILES string of the molecule is CCOCCOCc1ccc(C)c(-c2cc(OCCCOCCOC)ccc2C)c1. The molecule has 0 saturated carbocycles. The Bertz CT molecular complexity index is 744. The number of hydrogen-bond donors (Lipinski definition) is 0. The molecule has 0 radical (unpaired) electrons. The molecule has 2 aromatic rings. The fraction of sp³-hybridized carbons (Fsp3) is 0.520. The lowest BCUT2D eigenvalue weighted by Gasteiger charge is -2.14. The van der Waals surface area contributed by atoms with Gasteiger partial charge >= 0.3 is 0 Å². The predicted molar refractivity (Wildman–Crippen MR) is 120 cm³/mol. The van der Waals surface area contributed by atoms with Gasteiger partial charge in [0, 0.05) is 26.7 Å². The molecule has 0 atom stereocenters. The first-order chi connectivity index (χ1) is 14.7. The third-order valence-electron chi connectivity index (χ3n) is 4.78. The third-order valence-corrected chi connectivity index (χ3v) is 4.78. The van der Waals surface area contributed by atoms with Crippen LogP contribution in [0.4, 0.5) is 0 Å². The Hall–Kier alpha value is -1.92. The van der Waals surface area contributed by atoms with Gasteiger partial charge in [0.25, 0.3) is 0 Å². The summed E-state index contributed by atoms with van der Waals surface area (Å²) in [6.45, 7) is 11.3. The Morgan fingerprint density at radius 2 is 1.40 bits per heavy atom. The van der Waals surface area contributed by atoms with Crippen molar-refractivity contribution >= 4 is 0 Å². The minimum absolute atomic E-state index is 0.582. The van der Waals surface area contributed by atoms with Gasteiger partial charge < -0.3 is 23.7 Å². The van der Waals surface area contributed by atoms with Gasteiger partial charge in [-0.05, 0) is 66.8 Å². The monoisotopic (exact) mass is 416 g/mol. The Kier molecular flexibility index (Phi) is 11.5. The molecule has 166 valence electrons. The maximum Gasteiger partial charge on any atom is 0.119 e. The van der Waals surface area contributed by atoms with E-state index in [-0.39, 0.29) is 0 Å². The van der Waals surface area contributed by atoms with Gasteiger partial charge in [-0.1, -0.05) is 18.2 Å². The zero-order valence-corrected chi connectivity index (χ0v) is 18.9. The molecule has 2 aromatic carbocycles. The largest absolute Gasteiger partial charge is 0.493 e. The summed E-state index contributed by atoms with van der Waals surface area (Å²) in [4.78, 5) is 0. The Morgan fingerprint density at radius 3 is 2.17 bits per heavy atom. The van der Waals surface area contributed by atoms with Crippen LogP contribution in [-0.2, 0) is 25.6 Å². The Balaban J connectivity index is 1.96. The molecule has 0 aromatic heterocycles. The van der Waals surface area contributed by atoms with Crippen molar-refractivity contribution in [3.8, 4) is 16.9 Å². The Labute approximate surface area is 181 Å². The average Bonchev–Trinajstić information content (AvgIpc) is 2.75. The molecule has 0 aliphatic carbocycles. The van der Waals surface area contributed by atoms with Gasteiger partial charge in [0.15, 0.2) is 0 Å². The summed E-state index contributed by atoms with van der Waals surface area (Å²) < 4.78 is 27.5. The van der Waals surface area contributed by atoms with E-state index in [1.54, 1.807) is 7.11 Å². The first kappa shape index (κ1) is 24.4. The molecule has 0 bridgehead atoms. The topological polar surface area (TPSA) is 46.2 Å². The van der Waals surface area contributed by atoms with E-state index in [0.717, 1.165) is 24.3 Å². The number of aryl methyl sites for hydroxylation is 2. The molecule has 0 saturated heterocycles. The molecular formula is C25H36O5. The first-order valence-corrected chi connectivity index (χ1v) is 10.7. The summed E-state index contributed by atoms with van der Waals surface area (Å²) >= 11 is 0. The van der Waals surface area contributed by atoms with E-state index < -0.39 is 0 Å². The van der Waals surface area contributed by atoms with Crippen molar-refractivity contribution in [1.82, 2.24) is 0 Å². The molecule has 0 aliphatic rings. The highest BCUT2D eigenvalue weighted by atomic mass is 16.5. The van der Waals surface area contributed by atoms with Crippen molar-refractivity contribution in [2.75, 3.05) is 53.4 Å². The van der Waals surface area contributed by atoms with Crippen molar-refractivity contribution in [3.05, 3.63) is 53.1 Å². The number of benzene rings is 2. The average molecular weight is 417 g/mol. The summed E-state index contributed by atoms with van der Waals surface area (Å²) in [6, 6.07) is 12.8.